The van der Waals surface area contributed by atoms with Gasteiger partial charge in [0.05, 0.1) is 23.9 Å². The van der Waals surface area contributed by atoms with E-state index < -0.39 is 65.7 Å². The van der Waals surface area contributed by atoms with Crippen LogP contribution in [0.1, 0.15) is 107 Å². The maximum atomic E-state index is 14.2. The molecule has 3 N–H and O–H groups in total. The van der Waals surface area contributed by atoms with Crippen molar-refractivity contribution in [3.05, 3.63) is 0 Å². The smallest absolute Gasteiger partial charge is 0.408 e. The fourth-order valence-electron chi connectivity index (χ4n) is 8.66. The predicted octanol–water partition coefficient (Wildman–Crippen LogP) is 4.20. The van der Waals surface area contributed by atoms with Crippen molar-refractivity contribution in [2.24, 2.45) is 29.6 Å². The highest BCUT2D eigenvalue weighted by molar-refractivity contribution is 6.00. The van der Waals surface area contributed by atoms with Crippen molar-refractivity contribution in [2.75, 3.05) is 26.7 Å². The van der Waals surface area contributed by atoms with Crippen molar-refractivity contribution in [1.29, 1.82) is 0 Å². The second-order valence-corrected chi connectivity index (χ2v) is 16.8. The van der Waals surface area contributed by atoms with Gasteiger partial charge in [0.1, 0.15) is 18.1 Å². The van der Waals surface area contributed by atoms with Crippen molar-refractivity contribution in [2.45, 2.75) is 167 Å². The number of esters is 1. The number of ketones is 1. The van der Waals surface area contributed by atoms with E-state index in [9.17, 15) is 19.5 Å². The SMILES string of the molecule is CC[C@H]1OC(=O)C(C)C(=O)[C@H](C)[C@@H](O[C@@H]2O[C@H](C(C)N(CC3CC3)CC3CC3)CC[C@H]2O)[C@](C)(OC)C[C@@H](C)CN[C@H](C)[C@H]2NC(=O)O[C@@]21C. The molecule has 1 amide bonds. The van der Waals surface area contributed by atoms with Crippen molar-refractivity contribution < 1.29 is 43.2 Å². The predicted molar refractivity (Wildman–Crippen MR) is 187 cm³/mol. The lowest BCUT2D eigenvalue weighted by Crippen LogP contribution is -2.60. The van der Waals surface area contributed by atoms with E-state index in [1.165, 1.54) is 25.7 Å². The van der Waals surface area contributed by atoms with Crippen LogP contribution >= 0.6 is 0 Å². The highest BCUT2D eigenvalue weighted by Gasteiger charge is 2.55. The number of aliphatic hydroxyl groups excluding tert-OH is 1. The number of alkyl carbamates (subject to hydrolysis) is 1. The maximum Gasteiger partial charge on any atom is 0.408 e. The van der Waals surface area contributed by atoms with Crippen LogP contribution in [0.3, 0.4) is 0 Å². The van der Waals surface area contributed by atoms with Crippen molar-refractivity contribution in [3.8, 4) is 0 Å². The maximum absolute atomic E-state index is 14.2. The van der Waals surface area contributed by atoms with Gasteiger partial charge >= 0.3 is 12.1 Å². The Labute approximate surface area is 299 Å². The van der Waals surface area contributed by atoms with Gasteiger partial charge in [0, 0.05) is 38.2 Å². The number of fused-ring (bicyclic) bond motifs is 1. The minimum absolute atomic E-state index is 0.0471. The molecule has 5 fully saturated rings. The molecule has 286 valence electrons. The van der Waals surface area contributed by atoms with Crippen LogP contribution < -0.4 is 10.6 Å². The molecule has 0 radical (unpaired) electrons. The average Bonchev–Trinajstić information content (AvgIpc) is 4.03. The molecule has 0 spiro atoms. The second kappa shape index (κ2) is 16.0. The first kappa shape index (κ1) is 39.4. The quantitative estimate of drug-likeness (QED) is 0.222. The molecule has 13 atom stereocenters. The molecule has 0 bridgehead atoms. The standard InChI is InChI=1S/C38H65N3O9/c1-10-30-38(8)32(40-36(45)50-38)24(5)39-18-21(2)17-37(7,46-9)33(22(3)31(43)23(4)34(44)48-30)49-35-28(42)15-16-29(47-35)25(6)41(19-26-11-12-26)20-27-13-14-27/h21-30,32-33,35,39,42H,10-20H2,1-9H3,(H,40,45)/t21-,22+,23?,24-,25?,28-,29+,30-,32-,33-,35+,37-,38-/m1/s1. The summed E-state index contributed by atoms with van der Waals surface area (Å²) in [5.41, 5.74) is -2.13. The highest BCUT2D eigenvalue weighted by atomic mass is 16.7. The van der Waals surface area contributed by atoms with Crippen LogP contribution in [0.5, 0.6) is 0 Å². The van der Waals surface area contributed by atoms with E-state index in [-0.39, 0.29) is 29.9 Å². The summed E-state index contributed by atoms with van der Waals surface area (Å²) in [7, 11) is 1.61. The summed E-state index contributed by atoms with van der Waals surface area (Å²) in [4.78, 5) is 43.0. The van der Waals surface area contributed by atoms with E-state index >= 15 is 0 Å². The van der Waals surface area contributed by atoms with Crippen LogP contribution in [0.2, 0.25) is 0 Å². The van der Waals surface area contributed by atoms with Gasteiger partial charge in [0.15, 0.2) is 17.7 Å². The Balaban J connectivity index is 1.40. The average molecular weight is 708 g/mol. The molecule has 0 aromatic carbocycles. The fourth-order valence-corrected chi connectivity index (χ4v) is 8.66. The number of nitrogens with zero attached hydrogens (tertiary/aromatic N) is 1. The number of amides is 1. The minimum Gasteiger partial charge on any atom is -0.458 e. The summed E-state index contributed by atoms with van der Waals surface area (Å²) in [5, 5.41) is 17.8. The van der Waals surface area contributed by atoms with Crippen molar-refractivity contribution in [1.82, 2.24) is 15.5 Å². The molecule has 50 heavy (non-hydrogen) atoms. The van der Waals surface area contributed by atoms with Crippen LogP contribution in [0.15, 0.2) is 0 Å². The van der Waals surface area contributed by atoms with Gasteiger partial charge in [0.25, 0.3) is 0 Å². The molecule has 2 unspecified atom stereocenters. The van der Waals surface area contributed by atoms with E-state index in [1.54, 1.807) is 27.9 Å². The Morgan fingerprint density at radius 1 is 1.00 bits per heavy atom. The van der Waals surface area contributed by atoms with E-state index in [4.69, 9.17) is 23.7 Å². The number of nitrogens with one attached hydrogen (secondary N) is 2. The number of hydrogen-bond donors (Lipinski definition) is 3. The first-order valence-corrected chi connectivity index (χ1v) is 19.3. The third kappa shape index (κ3) is 8.85. The normalized spacial score (nSPS) is 42.9. The zero-order chi connectivity index (χ0) is 36.5. The molecule has 12 nitrogen and oxygen atoms in total. The molecule has 2 aliphatic carbocycles. The van der Waals surface area contributed by atoms with Gasteiger partial charge in [-0.1, -0.05) is 20.8 Å². The second-order valence-electron chi connectivity index (χ2n) is 16.8. The number of ether oxygens (including phenoxy) is 5. The molecule has 5 rings (SSSR count). The van der Waals surface area contributed by atoms with Gasteiger partial charge < -0.3 is 39.4 Å². The van der Waals surface area contributed by atoms with E-state index in [0.717, 1.165) is 31.3 Å². The largest absolute Gasteiger partial charge is 0.458 e. The lowest BCUT2D eigenvalue weighted by molar-refractivity contribution is -0.293. The molecule has 5 aliphatic rings. The Hall–Kier alpha value is -1.83. The fraction of sp³-hybridized carbons (Fsp3) is 0.921. The highest BCUT2D eigenvalue weighted by Crippen LogP contribution is 2.39. The monoisotopic (exact) mass is 707 g/mol. The van der Waals surface area contributed by atoms with Gasteiger partial charge in [-0.15, -0.1) is 0 Å². The zero-order valence-electron chi connectivity index (χ0n) is 31.9. The van der Waals surface area contributed by atoms with Gasteiger partial charge in [-0.3, -0.25) is 14.5 Å². The topological polar surface area (TPSA) is 145 Å². The number of rotatable bonds is 10. The lowest BCUT2D eigenvalue weighted by Gasteiger charge is -2.46. The molecule has 3 saturated heterocycles. The Kier molecular flexibility index (Phi) is 12.6. The summed E-state index contributed by atoms with van der Waals surface area (Å²) < 4.78 is 31.4. The molecule has 12 heteroatoms. The van der Waals surface area contributed by atoms with Crippen LogP contribution in [-0.2, 0) is 33.3 Å². The van der Waals surface area contributed by atoms with Gasteiger partial charge in [-0.25, -0.2) is 4.79 Å². The number of methoxy groups -OCH3 is 1. The number of Topliss-reactive ketones (excluding diaryl/α,β-unsaturated/α-hetero) is 1. The lowest BCUT2D eigenvalue weighted by atomic mass is 9.78. The molecular weight excluding hydrogens is 642 g/mol. The number of carbonyl (C=O) groups is 3. The number of carbonyl (C=O) groups excluding carboxylic acids is 3. The van der Waals surface area contributed by atoms with Crippen molar-refractivity contribution >= 4 is 17.8 Å². The van der Waals surface area contributed by atoms with Gasteiger partial charge in [-0.05, 0) is 110 Å². The Morgan fingerprint density at radius 2 is 1.64 bits per heavy atom. The molecule has 0 aromatic heterocycles. The number of cyclic esters (lactones) is 1. The van der Waals surface area contributed by atoms with Crippen LogP contribution in [-0.4, -0.2) is 115 Å². The summed E-state index contributed by atoms with van der Waals surface area (Å²) in [6, 6.07) is -0.542. The van der Waals surface area contributed by atoms with Gasteiger partial charge in [0.2, 0.25) is 0 Å². The summed E-state index contributed by atoms with van der Waals surface area (Å²) in [5.74, 6) is -1.41. The van der Waals surface area contributed by atoms with E-state index in [0.29, 0.717) is 25.8 Å². The first-order chi connectivity index (χ1) is 23.6. The Morgan fingerprint density at radius 3 is 2.22 bits per heavy atom. The van der Waals surface area contributed by atoms with Crippen LogP contribution in [0, 0.1) is 29.6 Å². The van der Waals surface area contributed by atoms with Crippen LogP contribution in [0.4, 0.5) is 4.79 Å². The molecular formula is C38H65N3O9. The van der Waals surface area contributed by atoms with E-state index in [1.807, 2.05) is 20.8 Å². The van der Waals surface area contributed by atoms with E-state index in [2.05, 4.69) is 29.4 Å². The summed E-state index contributed by atoms with van der Waals surface area (Å²) in [6.45, 7) is 17.9. The minimum atomic E-state index is -1.15. The first-order valence-electron chi connectivity index (χ1n) is 19.3. The third-order valence-electron chi connectivity index (χ3n) is 12.4. The summed E-state index contributed by atoms with van der Waals surface area (Å²) in [6.07, 6.45) is 3.13. The molecule has 3 aliphatic heterocycles. The van der Waals surface area contributed by atoms with Gasteiger partial charge in [-0.2, -0.15) is 0 Å². The van der Waals surface area contributed by atoms with Crippen LogP contribution in [0.25, 0.3) is 0 Å². The molecule has 3 heterocycles. The number of hydrogen-bond acceptors (Lipinski definition) is 11. The number of aliphatic hydroxyl groups is 1. The van der Waals surface area contributed by atoms with Crippen molar-refractivity contribution in [3.63, 3.8) is 0 Å². The summed E-state index contributed by atoms with van der Waals surface area (Å²) >= 11 is 0. The molecule has 2 saturated carbocycles. The third-order valence-corrected chi connectivity index (χ3v) is 12.4. The Bertz CT molecular complexity index is 1180. The zero-order valence-corrected chi connectivity index (χ0v) is 31.9. The molecule has 0 aromatic rings.